The second-order valence-corrected chi connectivity index (χ2v) is 36.1. The first kappa shape index (κ1) is 51.8. The average Bonchev–Trinajstić information content (AvgIpc) is 3.03. The third-order valence-electron chi connectivity index (χ3n) is 13.5. The molecule has 0 unspecified atom stereocenters. The van der Waals surface area contributed by atoms with Crippen LogP contribution in [0.3, 0.4) is 0 Å². The van der Waals surface area contributed by atoms with E-state index in [9.17, 15) is 9.90 Å². The summed E-state index contributed by atoms with van der Waals surface area (Å²) in [5.41, 5.74) is 2.90. The molecule has 0 fully saturated rings. The number of ketones is 1. The molecule has 55 heavy (non-hydrogen) atoms. The number of hydrogen-bond donors (Lipinski definition) is 1. The highest BCUT2D eigenvalue weighted by atomic mass is 28.4. The van der Waals surface area contributed by atoms with Gasteiger partial charge in [0.05, 0.1) is 18.3 Å². The van der Waals surface area contributed by atoms with Gasteiger partial charge in [0.15, 0.2) is 25.0 Å². The predicted octanol–water partition coefficient (Wildman–Crippen LogP) is 13.4. The number of Topliss-reactive ketones (excluding diaryl/α,β-unsaturated/α-hetero) is 1. The van der Waals surface area contributed by atoms with Crippen molar-refractivity contribution in [2.75, 3.05) is 6.61 Å². The molecular formula is C46H87NO5Si3. The summed E-state index contributed by atoms with van der Waals surface area (Å²) in [6.07, 6.45) is 12.0. The molecule has 0 aliphatic heterocycles. The van der Waals surface area contributed by atoms with Crippen molar-refractivity contribution in [2.24, 2.45) is 17.3 Å². The smallest absolute Gasteiger partial charge is 0.192 e. The molecule has 5 atom stereocenters. The molecule has 1 rings (SSSR count). The van der Waals surface area contributed by atoms with E-state index in [1.807, 2.05) is 32.3 Å². The summed E-state index contributed by atoms with van der Waals surface area (Å²) in [5, 5.41) is 10.3. The van der Waals surface area contributed by atoms with E-state index in [0.29, 0.717) is 6.42 Å². The molecule has 1 heterocycles. The van der Waals surface area contributed by atoms with Gasteiger partial charge in [-0.3, -0.25) is 9.78 Å². The van der Waals surface area contributed by atoms with Gasteiger partial charge in [-0.2, -0.15) is 0 Å². The second-order valence-electron chi connectivity index (χ2n) is 21.8. The number of aliphatic hydroxyl groups is 1. The van der Waals surface area contributed by atoms with Crippen molar-refractivity contribution in [3.63, 3.8) is 0 Å². The van der Waals surface area contributed by atoms with Gasteiger partial charge in [-0.05, 0) is 123 Å². The zero-order chi connectivity index (χ0) is 43.0. The Kier molecular flexibility index (Phi) is 19.0. The first-order chi connectivity index (χ1) is 24.7. The van der Waals surface area contributed by atoms with E-state index in [4.69, 9.17) is 13.3 Å². The van der Waals surface area contributed by atoms with E-state index >= 15 is 0 Å². The highest BCUT2D eigenvalue weighted by Crippen LogP contribution is 2.44. The number of carbonyl (C=O) groups is 1. The minimum absolute atomic E-state index is 0.00263. The average molecular weight is 818 g/mol. The molecule has 1 N–H and O–H groups in total. The predicted molar refractivity (Wildman–Crippen MR) is 245 cm³/mol. The number of carbonyl (C=O) groups excluding carboxylic acids is 1. The lowest BCUT2D eigenvalue weighted by Gasteiger charge is -2.46. The Labute approximate surface area is 343 Å². The lowest BCUT2D eigenvalue weighted by molar-refractivity contribution is -0.141. The maximum absolute atomic E-state index is 14.7. The van der Waals surface area contributed by atoms with E-state index in [1.54, 1.807) is 0 Å². The molecule has 1 aromatic heterocycles. The molecule has 0 aliphatic rings. The Morgan fingerprint density at radius 1 is 0.800 bits per heavy atom. The molecule has 0 saturated heterocycles. The van der Waals surface area contributed by atoms with Crippen LogP contribution in [0.1, 0.15) is 142 Å². The van der Waals surface area contributed by atoms with Crippen molar-refractivity contribution in [2.45, 2.75) is 209 Å². The van der Waals surface area contributed by atoms with Gasteiger partial charge >= 0.3 is 0 Å². The fourth-order valence-electron chi connectivity index (χ4n) is 6.29. The van der Waals surface area contributed by atoms with Crippen LogP contribution in [0.4, 0.5) is 0 Å². The Bertz CT molecular complexity index is 1400. The van der Waals surface area contributed by atoms with Gasteiger partial charge in [-0.25, -0.2) is 0 Å². The minimum Gasteiger partial charge on any atom is -0.413 e. The number of aliphatic hydroxyl groups excluding tert-OH is 1. The zero-order valence-electron chi connectivity index (χ0n) is 39.6. The van der Waals surface area contributed by atoms with Gasteiger partial charge in [-0.15, -0.1) is 0 Å². The molecule has 9 heteroatoms. The summed E-state index contributed by atoms with van der Waals surface area (Å²) in [7, 11) is -6.43. The number of rotatable bonds is 21. The number of hydrogen-bond acceptors (Lipinski definition) is 6. The van der Waals surface area contributed by atoms with Crippen molar-refractivity contribution in [1.82, 2.24) is 4.98 Å². The first-order valence-electron chi connectivity index (χ1n) is 21.1. The number of nitrogens with zero attached hydrogens (tertiary/aromatic N) is 1. The van der Waals surface area contributed by atoms with Crippen LogP contribution in [-0.2, 0) is 18.1 Å². The fraction of sp³-hybridized carbons (Fsp3) is 0.783. The summed E-state index contributed by atoms with van der Waals surface area (Å²) in [6, 6.07) is 4.07. The molecular weight excluding hydrogens is 731 g/mol. The molecule has 0 aliphatic carbocycles. The maximum Gasteiger partial charge on any atom is 0.192 e. The summed E-state index contributed by atoms with van der Waals surface area (Å²) in [4.78, 5) is 19.0. The van der Waals surface area contributed by atoms with Crippen LogP contribution < -0.4 is 0 Å². The van der Waals surface area contributed by atoms with Crippen LogP contribution >= 0.6 is 0 Å². The molecule has 6 nitrogen and oxygen atoms in total. The third kappa shape index (κ3) is 15.2. The van der Waals surface area contributed by atoms with E-state index < -0.39 is 30.4 Å². The quantitative estimate of drug-likeness (QED) is 0.0983. The largest absolute Gasteiger partial charge is 0.413 e. The van der Waals surface area contributed by atoms with Gasteiger partial charge in [0.25, 0.3) is 0 Å². The summed E-state index contributed by atoms with van der Waals surface area (Å²) in [5.74, 6) is 0.0372. The summed E-state index contributed by atoms with van der Waals surface area (Å²) in [6.45, 7) is 46.9. The molecule has 318 valence electrons. The Morgan fingerprint density at radius 2 is 1.31 bits per heavy atom. The highest BCUT2D eigenvalue weighted by Gasteiger charge is 2.49. The molecule has 0 spiro atoms. The molecule has 0 bridgehead atoms. The van der Waals surface area contributed by atoms with Crippen molar-refractivity contribution in [3.8, 4) is 0 Å². The lowest BCUT2D eigenvalue weighted by atomic mass is 9.73. The standard InChI is InChI=1S/C46H87NO5Si3/c1-34(27-28-39(50-53(16,17)43(5,6)7)36(3)32-38-26-23-30-47-33-38)24-22-25-35(2)41(52-55(20,21)45(11,12)13)37(4)42(49)46(14,15)40(29-31-48)51-54(18,19)44(8,9)10/h23,26-27,30,32-33,35,37,39-41,48H,22,24-25,28-29,31H2,1-21H3/b34-27+,36-32+/t35-,37+,39-,40-,41-/m0/s1. The van der Waals surface area contributed by atoms with Crippen LogP contribution in [0.5, 0.6) is 0 Å². The molecule has 0 radical (unpaired) electrons. The van der Waals surface area contributed by atoms with E-state index in [0.717, 1.165) is 31.2 Å². The second kappa shape index (κ2) is 20.2. The van der Waals surface area contributed by atoms with Gasteiger partial charge in [0.1, 0.15) is 5.78 Å². The Morgan fingerprint density at radius 3 is 1.78 bits per heavy atom. The Hall–Kier alpha value is -1.21. The fourth-order valence-corrected chi connectivity index (χ4v) is 10.6. The SMILES string of the molecule is C/C(=C\C[C@H](O[Si](C)(C)C(C)(C)C)/C(C)=C/c1cccnc1)CCC[C@H](C)[C@H](O[Si](C)(C)C(C)(C)C)[C@@H](C)C(=O)C(C)(C)[C@H](CCO)O[Si](C)(C)C(C)(C)C. The van der Waals surface area contributed by atoms with E-state index in [2.05, 4.69) is 152 Å². The summed E-state index contributed by atoms with van der Waals surface area (Å²) >= 11 is 0. The van der Waals surface area contributed by atoms with Crippen molar-refractivity contribution in [3.05, 3.63) is 47.3 Å². The van der Waals surface area contributed by atoms with Crippen LogP contribution in [0.25, 0.3) is 6.08 Å². The van der Waals surface area contributed by atoms with E-state index in [1.165, 1.54) is 11.1 Å². The Balaban J connectivity index is 3.33. The minimum atomic E-state index is -2.21. The third-order valence-corrected chi connectivity index (χ3v) is 27.0. The normalized spacial score (nSPS) is 17.5. The lowest BCUT2D eigenvalue weighted by Crippen LogP contribution is -2.54. The first-order valence-corrected chi connectivity index (χ1v) is 29.9. The van der Waals surface area contributed by atoms with Crippen molar-refractivity contribution >= 4 is 36.8 Å². The zero-order valence-corrected chi connectivity index (χ0v) is 42.6. The maximum atomic E-state index is 14.7. The number of aromatic nitrogens is 1. The van der Waals surface area contributed by atoms with Crippen LogP contribution in [0.2, 0.25) is 54.4 Å². The van der Waals surface area contributed by atoms with Crippen LogP contribution in [0, 0.1) is 17.3 Å². The van der Waals surface area contributed by atoms with Crippen molar-refractivity contribution < 1.29 is 23.2 Å². The monoisotopic (exact) mass is 818 g/mol. The van der Waals surface area contributed by atoms with Crippen LogP contribution in [-0.4, -0.2) is 65.7 Å². The van der Waals surface area contributed by atoms with Gasteiger partial charge in [-0.1, -0.05) is 114 Å². The van der Waals surface area contributed by atoms with Crippen molar-refractivity contribution in [1.29, 1.82) is 0 Å². The number of pyridine rings is 1. The molecule has 1 aromatic rings. The molecule has 0 saturated carbocycles. The van der Waals surface area contributed by atoms with Gasteiger partial charge < -0.3 is 18.4 Å². The molecule has 0 aromatic carbocycles. The summed E-state index contributed by atoms with van der Waals surface area (Å²) < 4.78 is 21.1. The van der Waals surface area contributed by atoms with E-state index in [-0.39, 0.29) is 57.7 Å². The van der Waals surface area contributed by atoms with Gasteiger partial charge in [0, 0.05) is 30.3 Å². The topological polar surface area (TPSA) is 77.9 Å². The number of allylic oxidation sites excluding steroid dienone is 1. The van der Waals surface area contributed by atoms with Gasteiger partial charge in [0.2, 0.25) is 0 Å². The van der Waals surface area contributed by atoms with Crippen LogP contribution in [0.15, 0.2) is 41.7 Å². The molecule has 0 amide bonds. The highest BCUT2D eigenvalue weighted by molar-refractivity contribution is 6.75.